The molecule has 0 amide bonds. The molecule has 152 valence electrons. The fraction of sp³-hybridized carbons (Fsp3) is 0.263. The Hall–Kier alpha value is -2.95. The topological polar surface area (TPSA) is 76.0 Å². The molecule has 4 rings (SSSR count). The molecule has 7 nitrogen and oxygen atoms in total. The lowest BCUT2D eigenvalue weighted by Crippen LogP contribution is -2.43. The van der Waals surface area contributed by atoms with Crippen LogP contribution in [0.2, 0.25) is 0 Å². The molecule has 0 spiro atoms. The number of halogens is 3. The van der Waals surface area contributed by atoms with Crippen molar-refractivity contribution < 1.29 is 17.9 Å². The molecular formula is C19H19F3N6O. The third kappa shape index (κ3) is 4.24. The number of benzene rings is 1. The van der Waals surface area contributed by atoms with Gasteiger partial charge in [-0.25, -0.2) is 15.8 Å². The zero-order valence-electron chi connectivity index (χ0n) is 15.4. The molecule has 1 aromatic carbocycles. The third-order valence-electron chi connectivity index (χ3n) is 4.70. The molecule has 3 N–H and O–H groups in total. The average Bonchev–Trinajstić information content (AvgIpc) is 3.38. The van der Waals surface area contributed by atoms with E-state index in [-0.39, 0.29) is 0 Å². The summed E-state index contributed by atoms with van der Waals surface area (Å²) in [4.78, 5) is 8.62. The molecule has 3 heterocycles. The number of nitrogens with zero attached hydrogens (tertiary/aromatic N) is 3. The first-order valence-corrected chi connectivity index (χ1v) is 8.88. The van der Waals surface area contributed by atoms with E-state index in [1.54, 1.807) is 25.6 Å². The van der Waals surface area contributed by atoms with E-state index in [9.17, 15) is 13.2 Å². The summed E-state index contributed by atoms with van der Waals surface area (Å²) in [6.07, 6.45) is 0.574. The fourth-order valence-electron chi connectivity index (χ4n) is 3.21. The minimum Gasteiger partial charge on any atom is -0.497 e. The molecule has 2 unspecified atom stereocenters. The largest absolute Gasteiger partial charge is 0.497 e. The Kier molecular flexibility index (Phi) is 5.22. The van der Waals surface area contributed by atoms with Gasteiger partial charge in [-0.05, 0) is 35.4 Å². The number of hydrogen-bond acceptors (Lipinski definition) is 6. The quantitative estimate of drug-likeness (QED) is 0.607. The van der Waals surface area contributed by atoms with Gasteiger partial charge in [-0.3, -0.25) is 4.98 Å². The highest BCUT2D eigenvalue weighted by Crippen LogP contribution is 2.32. The summed E-state index contributed by atoms with van der Waals surface area (Å²) in [5.74, 6) is 0.780. The first-order valence-electron chi connectivity index (χ1n) is 8.88. The Morgan fingerprint density at radius 2 is 1.86 bits per heavy atom. The number of nitrogens with one attached hydrogen (secondary N) is 3. The second kappa shape index (κ2) is 7.82. The average molecular weight is 404 g/mol. The number of hydrogen-bond donors (Lipinski definition) is 3. The van der Waals surface area contributed by atoms with Gasteiger partial charge in [0.15, 0.2) is 0 Å². The van der Waals surface area contributed by atoms with Gasteiger partial charge in [-0.15, -0.1) is 0 Å². The molecule has 0 radical (unpaired) electrons. The van der Waals surface area contributed by atoms with Gasteiger partial charge in [0.1, 0.15) is 17.5 Å². The van der Waals surface area contributed by atoms with Crippen LogP contribution in [0.5, 0.6) is 5.75 Å². The smallest absolute Gasteiger partial charge is 0.407 e. The van der Waals surface area contributed by atoms with Gasteiger partial charge in [0, 0.05) is 18.9 Å². The molecule has 2 aromatic heterocycles. The number of pyridine rings is 1. The van der Waals surface area contributed by atoms with Crippen molar-refractivity contribution in [3.63, 3.8) is 0 Å². The van der Waals surface area contributed by atoms with E-state index in [1.165, 1.54) is 6.20 Å². The predicted octanol–water partition coefficient (Wildman–Crippen LogP) is 2.59. The Morgan fingerprint density at radius 1 is 1.07 bits per heavy atom. The first kappa shape index (κ1) is 19.4. The van der Waals surface area contributed by atoms with Gasteiger partial charge >= 0.3 is 6.18 Å². The number of hydrazine groups is 2. The van der Waals surface area contributed by atoms with E-state index >= 15 is 0 Å². The van der Waals surface area contributed by atoms with Crippen molar-refractivity contribution in [3.8, 4) is 17.1 Å². The molecule has 0 bridgehead atoms. The van der Waals surface area contributed by atoms with E-state index < -0.39 is 18.3 Å². The lowest BCUT2D eigenvalue weighted by molar-refractivity contribution is -0.156. The van der Waals surface area contributed by atoms with Crippen molar-refractivity contribution in [2.75, 3.05) is 7.11 Å². The molecule has 29 heavy (non-hydrogen) atoms. The number of ether oxygens (including phenoxy) is 1. The van der Waals surface area contributed by atoms with Crippen molar-refractivity contribution in [1.29, 1.82) is 0 Å². The Balaban J connectivity index is 1.53. The van der Waals surface area contributed by atoms with Gasteiger partial charge in [-0.1, -0.05) is 12.1 Å². The Morgan fingerprint density at radius 3 is 2.59 bits per heavy atom. The van der Waals surface area contributed by atoms with Crippen molar-refractivity contribution in [1.82, 2.24) is 30.9 Å². The summed E-state index contributed by atoms with van der Waals surface area (Å²) in [6.45, 7) is 0.602. The molecule has 0 saturated carbocycles. The summed E-state index contributed by atoms with van der Waals surface area (Å²) in [5.41, 5.74) is 9.79. The van der Waals surface area contributed by atoms with Crippen LogP contribution in [0.4, 0.5) is 13.2 Å². The van der Waals surface area contributed by atoms with Gasteiger partial charge in [0.05, 0.1) is 25.2 Å². The van der Waals surface area contributed by atoms with Crippen LogP contribution in [-0.2, 0) is 6.54 Å². The van der Waals surface area contributed by atoms with Crippen LogP contribution >= 0.6 is 0 Å². The molecule has 10 heteroatoms. The van der Waals surface area contributed by atoms with Crippen LogP contribution in [0.15, 0.2) is 55.1 Å². The number of aromatic nitrogens is 3. The summed E-state index contributed by atoms with van der Waals surface area (Å²) >= 11 is 0. The van der Waals surface area contributed by atoms with Gasteiger partial charge in [0.25, 0.3) is 0 Å². The molecule has 1 saturated heterocycles. The minimum atomic E-state index is -4.40. The standard InChI is InChI=1S/C19H19F3N6O/c1-29-14-4-2-12(3-5-14)9-28-10-16(24-11-28)15-8-13(6-7-23-15)17-18(19(20,21)22)26-27-25-17/h2-8,10-11,17-18,25-27H,9H2,1H3. The van der Waals surface area contributed by atoms with Crippen molar-refractivity contribution in [2.45, 2.75) is 24.8 Å². The van der Waals surface area contributed by atoms with Gasteiger partial charge in [-0.2, -0.15) is 18.7 Å². The minimum absolute atomic E-state index is 0.458. The van der Waals surface area contributed by atoms with Crippen LogP contribution in [-0.4, -0.2) is 33.9 Å². The van der Waals surface area contributed by atoms with Crippen molar-refractivity contribution in [2.24, 2.45) is 0 Å². The highest BCUT2D eigenvalue weighted by Gasteiger charge is 2.48. The summed E-state index contributed by atoms with van der Waals surface area (Å²) in [6, 6.07) is 8.14. The highest BCUT2D eigenvalue weighted by atomic mass is 19.4. The maximum Gasteiger partial charge on any atom is 0.407 e. The second-order valence-corrected chi connectivity index (χ2v) is 6.66. The molecular weight excluding hydrogens is 385 g/mol. The van der Waals surface area contributed by atoms with Gasteiger partial charge in [0.2, 0.25) is 0 Å². The maximum atomic E-state index is 13.2. The van der Waals surface area contributed by atoms with E-state index in [1.807, 2.05) is 35.0 Å². The summed E-state index contributed by atoms with van der Waals surface area (Å²) in [5, 5.41) is 0. The number of methoxy groups -OCH3 is 1. The molecule has 3 aromatic rings. The number of rotatable bonds is 5. The summed E-state index contributed by atoms with van der Waals surface area (Å²) < 4.78 is 46.6. The van der Waals surface area contributed by atoms with Crippen molar-refractivity contribution >= 4 is 0 Å². The van der Waals surface area contributed by atoms with Gasteiger partial charge < -0.3 is 9.30 Å². The highest BCUT2D eigenvalue weighted by molar-refractivity contribution is 5.54. The van der Waals surface area contributed by atoms with Crippen LogP contribution in [0, 0.1) is 0 Å². The first-order chi connectivity index (χ1) is 13.9. The molecule has 0 aliphatic carbocycles. The van der Waals surface area contributed by atoms with E-state index in [4.69, 9.17) is 4.74 Å². The summed E-state index contributed by atoms with van der Waals surface area (Å²) in [7, 11) is 1.61. The third-order valence-corrected chi connectivity index (χ3v) is 4.70. The zero-order chi connectivity index (χ0) is 20.4. The van der Waals surface area contributed by atoms with E-state index in [2.05, 4.69) is 26.4 Å². The SMILES string of the molecule is COc1ccc(Cn2cnc(-c3cc(C4NNNC4C(F)(F)F)ccn3)c2)cc1. The number of imidazole rings is 1. The second-order valence-electron chi connectivity index (χ2n) is 6.66. The van der Waals surface area contributed by atoms with Crippen molar-refractivity contribution in [3.05, 3.63) is 66.2 Å². The number of alkyl halides is 3. The van der Waals surface area contributed by atoms with Crippen LogP contribution < -0.4 is 21.1 Å². The van der Waals surface area contributed by atoms with E-state index in [0.29, 0.717) is 23.5 Å². The lowest BCUT2D eigenvalue weighted by atomic mass is 10.0. The molecule has 1 aliphatic heterocycles. The maximum absolute atomic E-state index is 13.2. The lowest BCUT2D eigenvalue weighted by Gasteiger charge is -2.21. The van der Waals surface area contributed by atoms with E-state index in [0.717, 1.165) is 11.3 Å². The molecule has 1 aliphatic rings. The van der Waals surface area contributed by atoms with Crippen LogP contribution in [0.1, 0.15) is 17.2 Å². The predicted molar refractivity (Wildman–Crippen MR) is 99.5 cm³/mol. The Bertz CT molecular complexity index is 973. The fourth-order valence-corrected chi connectivity index (χ4v) is 3.21. The van der Waals surface area contributed by atoms with Crippen LogP contribution in [0.3, 0.4) is 0 Å². The Labute approximate surface area is 164 Å². The van der Waals surface area contributed by atoms with Crippen LogP contribution in [0.25, 0.3) is 11.4 Å². The molecule has 1 fully saturated rings. The molecule has 2 atom stereocenters. The zero-order valence-corrected chi connectivity index (χ0v) is 15.4. The normalized spacial score (nSPS) is 19.4. The monoisotopic (exact) mass is 404 g/mol.